The van der Waals surface area contributed by atoms with Crippen molar-refractivity contribution >= 4 is 5.91 Å². The first-order valence-corrected chi connectivity index (χ1v) is 7.41. The quantitative estimate of drug-likeness (QED) is 0.677. The van der Waals surface area contributed by atoms with E-state index in [-0.39, 0.29) is 24.0 Å². The van der Waals surface area contributed by atoms with Crippen LogP contribution in [0.4, 0.5) is 0 Å². The molecular weight excluding hydrogens is 244 g/mol. The van der Waals surface area contributed by atoms with Crippen molar-refractivity contribution in [2.75, 3.05) is 13.2 Å². The summed E-state index contributed by atoms with van der Waals surface area (Å²) in [5, 5.41) is 16.3. The summed E-state index contributed by atoms with van der Waals surface area (Å²) in [6, 6.07) is 0.281. The third-order valence-electron chi connectivity index (χ3n) is 4.03. The van der Waals surface area contributed by atoms with Crippen molar-refractivity contribution < 1.29 is 14.6 Å². The molecule has 0 unspecified atom stereocenters. The van der Waals surface area contributed by atoms with Gasteiger partial charge in [0.05, 0.1) is 18.8 Å². The molecule has 2 fully saturated rings. The van der Waals surface area contributed by atoms with E-state index in [1.165, 1.54) is 0 Å². The third kappa shape index (κ3) is 3.91. The zero-order valence-corrected chi connectivity index (χ0v) is 11.9. The van der Waals surface area contributed by atoms with E-state index in [1.807, 2.05) is 13.8 Å². The molecule has 1 amide bonds. The van der Waals surface area contributed by atoms with Crippen molar-refractivity contribution in [3.63, 3.8) is 0 Å². The van der Waals surface area contributed by atoms with Gasteiger partial charge in [-0.05, 0) is 12.8 Å². The second-order valence-corrected chi connectivity index (χ2v) is 6.02. The minimum Gasteiger partial charge on any atom is -0.389 e. The van der Waals surface area contributed by atoms with Crippen LogP contribution in [0.5, 0.6) is 0 Å². The van der Waals surface area contributed by atoms with E-state index in [0.717, 1.165) is 25.7 Å². The van der Waals surface area contributed by atoms with Crippen LogP contribution in [-0.4, -0.2) is 48.5 Å². The number of amides is 1. The molecule has 1 aliphatic heterocycles. The third-order valence-corrected chi connectivity index (χ3v) is 4.03. The van der Waals surface area contributed by atoms with Crippen LogP contribution in [0.3, 0.4) is 0 Å². The van der Waals surface area contributed by atoms with Gasteiger partial charge in [0.1, 0.15) is 6.10 Å². The van der Waals surface area contributed by atoms with Crippen molar-refractivity contribution in [3.8, 4) is 0 Å². The fourth-order valence-electron chi connectivity index (χ4n) is 2.97. The summed E-state index contributed by atoms with van der Waals surface area (Å²) < 4.78 is 5.56. The normalized spacial score (nSPS) is 32.1. The smallest absolute Gasteiger partial charge is 0.223 e. The van der Waals surface area contributed by atoms with Gasteiger partial charge in [0.2, 0.25) is 5.91 Å². The van der Waals surface area contributed by atoms with E-state index in [4.69, 9.17) is 4.74 Å². The maximum absolute atomic E-state index is 11.9. The molecule has 1 saturated carbocycles. The van der Waals surface area contributed by atoms with Gasteiger partial charge < -0.3 is 20.5 Å². The highest BCUT2D eigenvalue weighted by atomic mass is 16.5. The number of hydrogen-bond donors (Lipinski definition) is 3. The molecule has 2 aliphatic rings. The van der Waals surface area contributed by atoms with Gasteiger partial charge in [-0.2, -0.15) is 0 Å². The second-order valence-electron chi connectivity index (χ2n) is 6.02. The lowest BCUT2D eigenvalue weighted by Gasteiger charge is -2.21. The molecular formula is C14H26N2O3. The molecule has 0 aromatic carbocycles. The Labute approximate surface area is 115 Å². The van der Waals surface area contributed by atoms with Gasteiger partial charge in [0, 0.05) is 18.5 Å². The first kappa shape index (κ1) is 14.8. The molecule has 1 saturated heterocycles. The van der Waals surface area contributed by atoms with Crippen LogP contribution < -0.4 is 10.6 Å². The zero-order valence-electron chi connectivity index (χ0n) is 11.9. The number of ether oxygens (including phenoxy) is 1. The molecule has 3 atom stereocenters. The Balaban J connectivity index is 1.73. The number of nitrogens with one attached hydrogen (secondary N) is 2. The average Bonchev–Trinajstić information content (AvgIpc) is 2.98. The predicted molar refractivity (Wildman–Crippen MR) is 72.8 cm³/mol. The largest absolute Gasteiger partial charge is 0.389 e. The number of carbonyl (C=O) groups is 1. The van der Waals surface area contributed by atoms with Crippen LogP contribution >= 0.6 is 0 Å². The van der Waals surface area contributed by atoms with Crippen molar-refractivity contribution in [1.82, 2.24) is 10.6 Å². The highest BCUT2D eigenvalue weighted by molar-refractivity contribution is 5.78. The molecule has 5 nitrogen and oxygen atoms in total. The van der Waals surface area contributed by atoms with Crippen molar-refractivity contribution in [2.45, 2.75) is 63.8 Å². The maximum Gasteiger partial charge on any atom is 0.223 e. The van der Waals surface area contributed by atoms with E-state index in [9.17, 15) is 9.90 Å². The first-order valence-electron chi connectivity index (χ1n) is 7.41. The van der Waals surface area contributed by atoms with Gasteiger partial charge in [0.15, 0.2) is 0 Å². The molecule has 5 heteroatoms. The van der Waals surface area contributed by atoms with Gasteiger partial charge in [0.25, 0.3) is 0 Å². The van der Waals surface area contributed by atoms with Crippen LogP contribution in [0, 0.1) is 5.92 Å². The molecule has 0 radical (unpaired) electrons. The number of aliphatic hydroxyl groups is 1. The maximum atomic E-state index is 11.9. The van der Waals surface area contributed by atoms with E-state index >= 15 is 0 Å². The SMILES string of the molecule is CC(C)N[C@@H]1CO[C@H](CNC(=O)C2CCCC2)[C@H]1O. The Morgan fingerprint density at radius 2 is 2.05 bits per heavy atom. The van der Waals surface area contributed by atoms with Crippen molar-refractivity contribution in [3.05, 3.63) is 0 Å². The minimum atomic E-state index is -0.550. The van der Waals surface area contributed by atoms with E-state index in [1.54, 1.807) is 0 Å². The summed E-state index contributed by atoms with van der Waals surface area (Å²) >= 11 is 0. The summed E-state index contributed by atoms with van der Waals surface area (Å²) in [6.07, 6.45) is 3.46. The fraction of sp³-hybridized carbons (Fsp3) is 0.929. The monoisotopic (exact) mass is 270 g/mol. The van der Waals surface area contributed by atoms with E-state index in [0.29, 0.717) is 19.2 Å². The lowest BCUT2D eigenvalue weighted by Crippen LogP contribution is -2.47. The Morgan fingerprint density at radius 3 is 2.68 bits per heavy atom. The summed E-state index contributed by atoms with van der Waals surface area (Å²) in [7, 11) is 0. The second kappa shape index (κ2) is 6.68. The Morgan fingerprint density at radius 1 is 1.37 bits per heavy atom. The topological polar surface area (TPSA) is 70.6 Å². The highest BCUT2D eigenvalue weighted by Gasteiger charge is 2.36. The van der Waals surface area contributed by atoms with Crippen molar-refractivity contribution in [2.24, 2.45) is 5.92 Å². The molecule has 0 bridgehead atoms. The molecule has 0 aromatic rings. The molecule has 2 rings (SSSR count). The van der Waals surface area contributed by atoms with Crippen LogP contribution in [0.1, 0.15) is 39.5 Å². The predicted octanol–water partition coefficient (Wildman–Crippen LogP) is 0.419. The van der Waals surface area contributed by atoms with Gasteiger partial charge >= 0.3 is 0 Å². The standard InChI is InChI=1S/C14H26N2O3/c1-9(2)16-11-8-19-12(13(11)17)7-15-14(18)10-5-3-4-6-10/h9-13,16-17H,3-8H2,1-2H3,(H,15,18)/t11-,12-,13+/m1/s1. The van der Waals surface area contributed by atoms with Crippen LogP contribution in [0.25, 0.3) is 0 Å². The van der Waals surface area contributed by atoms with Gasteiger partial charge in [-0.1, -0.05) is 26.7 Å². The summed E-state index contributed by atoms with van der Waals surface area (Å²) in [4.78, 5) is 11.9. The Bertz CT molecular complexity index is 303. The Kier molecular flexibility index (Phi) is 5.19. The number of aliphatic hydroxyl groups excluding tert-OH is 1. The van der Waals surface area contributed by atoms with E-state index in [2.05, 4.69) is 10.6 Å². The lowest BCUT2D eigenvalue weighted by molar-refractivity contribution is -0.125. The molecule has 110 valence electrons. The number of carbonyl (C=O) groups excluding carboxylic acids is 1. The average molecular weight is 270 g/mol. The molecule has 19 heavy (non-hydrogen) atoms. The lowest BCUT2D eigenvalue weighted by atomic mass is 10.1. The molecule has 0 aromatic heterocycles. The van der Waals surface area contributed by atoms with Gasteiger partial charge in [-0.25, -0.2) is 0 Å². The fourth-order valence-corrected chi connectivity index (χ4v) is 2.97. The molecule has 1 aliphatic carbocycles. The van der Waals surface area contributed by atoms with Crippen molar-refractivity contribution in [1.29, 1.82) is 0 Å². The Hall–Kier alpha value is -0.650. The van der Waals surface area contributed by atoms with Crippen LogP contribution in [0.2, 0.25) is 0 Å². The van der Waals surface area contributed by atoms with Crippen LogP contribution in [0.15, 0.2) is 0 Å². The van der Waals surface area contributed by atoms with Gasteiger partial charge in [-0.15, -0.1) is 0 Å². The summed E-state index contributed by atoms with van der Waals surface area (Å²) in [5.74, 6) is 0.289. The summed E-state index contributed by atoms with van der Waals surface area (Å²) in [5.41, 5.74) is 0. The minimum absolute atomic E-state index is 0.0339. The number of hydrogen-bond acceptors (Lipinski definition) is 4. The highest BCUT2D eigenvalue weighted by Crippen LogP contribution is 2.24. The molecule has 1 heterocycles. The number of rotatable bonds is 5. The van der Waals surface area contributed by atoms with Gasteiger partial charge in [-0.3, -0.25) is 4.79 Å². The molecule has 3 N–H and O–H groups in total. The van der Waals surface area contributed by atoms with Crippen LogP contribution in [-0.2, 0) is 9.53 Å². The first-order chi connectivity index (χ1) is 9.08. The molecule has 0 spiro atoms. The summed E-state index contributed by atoms with van der Waals surface area (Å²) in [6.45, 7) is 5.00. The van der Waals surface area contributed by atoms with E-state index < -0.39 is 6.10 Å². The zero-order chi connectivity index (χ0) is 13.8.